The van der Waals surface area contributed by atoms with Crippen LogP contribution in [0.5, 0.6) is 0 Å². The average Bonchev–Trinajstić information content (AvgIpc) is 3.60. The van der Waals surface area contributed by atoms with E-state index in [-0.39, 0.29) is 17.4 Å². The number of amides is 2. The molecule has 7 rings (SSSR count). The Balaban J connectivity index is 0.000000460. The fourth-order valence-corrected chi connectivity index (χ4v) is 7.07. The van der Waals surface area contributed by atoms with Crippen molar-refractivity contribution in [3.05, 3.63) is 82.8 Å². The second kappa shape index (κ2) is 10.5. The fourth-order valence-electron chi connectivity index (χ4n) is 7.07. The first-order chi connectivity index (χ1) is 21.3. The third-order valence-corrected chi connectivity index (χ3v) is 9.03. The van der Waals surface area contributed by atoms with Gasteiger partial charge in [-0.15, -0.1) is 0 Å². The Morgan fingerprint density at radius 3 is 2.36 bits per heavy atom. The number of nitriles is 1. The third kappa shape index (κ3) is 4.73. The maximum absolute atomic E-state index is 14.1. The lowest BCUT2D eigenvalue weighted by Crippen LogP contribution is -2.43. The number of aryl methyl sites for hydroxylation is 1. The van der Waals surface area contributed by atoms with Crippen LogP contribution < -0.4 is 10.5 Å². The smallest absolute Gasteiger partial charge is 0.475 e. The quantitative estimate of drug-likeness (QED) is 0.328. The van der Waals surface area contributed by atoms with Gasteiger partial charge in [-0.1, -0.05) is 36.4 Å². The third-order valence-electron chi connectivity index (χ3n) is 9.03. The van der Waals surface area contributed by atoms with Crippen LogP contribution in [0.15, 0.2) is 71.7 Å². The SMILES string of the molecule is C[C@]12CC[C@](CCn3c(=O)cnc4ccccc43)(O1)[C@@H]1C(=O)N(c3ccc(C#N)c4ccccc34)C(=O)[C@@H]12.O=C(O)C(F)(F)F. The van der Waals surface area contributed by atoms with Crippen molar-refractivity contribution >= 4 is 45.3 Å². The number of aliphatic carboxylic acids is 1. The second-order valence-electron chi connectivity index (χ2n) is 11.5. The van der Waals surface area contributed by atoms with E-state index in [9.17, 15) is 32.8 Å². The molecule has 13 heteroatoms. The number of benzene rings is 3. The minimum Gasteiger partial charge on any atom is -0.475 e. The first kappa shape index (κ1) is 30.0. The Morgan fingerprint density at radius 1 is 1.02 bits per heavy atom. The number of halogens is 3. The van der Waals surface area contributed by atoms with Crippen LogP contribution in [0, 0.1) is 23.2 Å². The summed E-state index contributed by atoms with van der Waals surface area (Å²) >= 11 is 0. The molecule has 0 radical (unpaired) electrons. The topological polar surface area (TPSA) is 143 Å². The number of rotatable bonds is 4. The molecular formula is C32H25F3N4O6. The van der Waals surface area contributed by atoms with Crippen LogP contribution in [-0.4, -0.2) is 49.8 Å². The van der Waals surface area contributed by atoms with Crippen molar-refractivity contribution in [1.82, 2.24) is 9.55 Å². The van der Waals surface area contributed by atoms with Crippen molar-refractivity contribution in [1.29, 1.82) is 5.26 Å². The van der Waals surface area contributed by atoms with Gasteiger partial charge in [-0.3, -0.25) is 14.4 Å². The summed E-state index contributed by atoms with van der Waals surface area (Å²) < 4.78 is 40.0. The van der Waals surface area contributed by atoms with Crippen molar-refractivity contribution in [2.45, 2.75) is 50.1 Å². The number of carboxylic acids is 1. The molecule has 1 aromatic heterocycles. The van der Waals surface area contributed by atoms with E-state index < -0.39 is 35.2 Å². The van der Waals surface area contributed by atoms with E-state index in [4.69, 9.17) is 14.6 Å². The average molecular weight is 619 g/mol. The van der Waals surface area contributed by atoms with Gasteiger partial charge < -0.3 is 14.4 Å². The second-order valence-corrected chi connectivity index (χ2v) is 11.5. The van der Waals surface area contributed by atoms with E-state index in [2.05, 4.69) is 11.1 Å². The van der Waals surface area contributed by atoms with Gasteiger partial charge in [-0.2, -0.15) is 18.4 Å². The van der Waals surface area contributed by atoms with Gasteiger partial charge in [-0.25, -0.2) is 14.7 Å². The van der Waals surface area contributed by atoms with Crippen LogP contribution in [0.25, 0.3) is 21.8 Å². The number of hydrogen-bond donors (Lipinski definition) is 1. The molecule has 3 aromatic carbocycles. The Morgan fingerprint density at radius 2 is 1.67 bits per heavy atom. The van der Waals surface area contributed by atoms with Gasteiger partial charge in [0, 0.05) is 17.3 Å². The van der Waals surface area contributed by atoms with Gasteiger partial charge in [-0.05, 0) is 50.5 Å². The summed E-state index contributed by atoms with van der Waals surface area (Å²) in [6, 6.07) is 20.4. The van der Waals surface area contributed by atoms with Crippen molar-refractivity contribution in [3.63, 3.8) is 0 Å². The van der Waals surface area contributed by atoms with Crippen molar-refractivity contribution in [2.75, 3.05) is 4.90 Å². The van der Waals surface area contributed by atoms with Crippen molar-refractivity contribution in [2.24, 2.45) is 11.8 Å². The molecule has 0 spiro atoms. The van der Waals surface area contributed by atoms with Crippen LogP contribution >= 0.6 is 0 Å². The molecule has 3 aliphatic rings. The van der Waals surface area contributed by atoms with E-state index in [0.717, 1.165) is 11.0 Å². The lowest BCUT2D eigenvalue weighted by atomic mass is 9.67. The number of anilines is 1. The molecule has 4 atom stereocenters. The highest BCUT2D eigenvalue weighted by atomic mass is 19.4. The van der Waals surface area contributed by atoms with E-state index >= 15 is 0 Å². The largest absolute Gasteiger partial charge is 0.490 e. The van der Waals surface area contributed by atoms with Crippen LogP contribution in [0.3, 0.4) is 0 Å². The zero-order valence-electron chi connectivity index (χ0n) is 23.7. The van der Waals surface area contributed by atoms with Crippen LogP contribution in [0.2, 0.25) is 0 Å². The van der Waals surface area contributed by atoms with Gasteiger partial charge in [0.1, 0.15) is 0 Å². The zero-order valence-corrected chi connectivity index (χ0v) is 23.7. The summed E-state index contributed by atoms with van der Waals surface area (Å²) in [4.78, 5) is 55.3. The maximum Gasteiger partial charge on any atom is 0.490 e. The number of imide groups is 1. The van der Waals surface area contributed by atoms with E-state index in [0.29, 0.717) is 47.8 Å². The highest BCUT2D eigenvalue weighted by Gasteiger charge is 2.73. The predicted molar refractivity (Wildman–Crippen MR) is 154 cm³/mol. The molecule has 1 N–H and O–H groups in total. The summed E-state index contributed by atoms with van der Waals surface area (Å²) in [5.41, 5.74) is 0.634. The van der Waals surface area contributed by atoms with Crippen LogP contribution in [0.4, 0.5) is 18.9 Å². The molecule has 2 amide bonds. The molecule has 3 saturated heterocycles. The molecule has 0 saturated carbocycles. The molecule has 0 aliphatic carbocycles. The lowest BCUT2D eigenvalue weighted by Gasteiger charge is -2.31. The maximum atomic E-state index is 14.1. The van der Waals surface area contributed by atoms with Gasteiger partial charge in [0.25, 0.3) is 5.56 Å². The van der Waals surface area contributed by atoms with Crippen LogP contribution in [-0.2, 0) is 25.7 Å². The number of alkyl halides is 3. The predicted octanol–water partition coefficient (Wildman–Crippen LogP) is 4.57. The Labute approximate surface area is 253 Å². The number of ether oxygens (including phenoxy) is 1. The molecule has 0 unspecified atom stereocenters. The summed E-state index contributed by atoms with van der Waals surface area (Å²) in [6.07, 6.45) is -2.03. The van der Waals surface area contributed by atoms with Gasteiger partial charge in [0.2, 0.25) is 11.8 Å². The molecule has 3 aliphatic heterocycles. The number of nitrogens with zero attached hydrogens (tertiary/aromatic N) is 4. The van der Waals surface area contributed by atoms with Gasteiger partial charge in [0.05, 0.1) is 57.6 Å². The highest BCUT2D eigenvalue weighted by Crippen LogP contribution is 2.62. The monoisotopic (exact) mass is 618 g/mol. The van der Waals surface area contributed by atoms with E-state index in [1.54, 1.807) is 16.7 Å². The highest BCUT2D eigenvalue weighted by molar-refractivity contribution is 6.26. The standard InChI is InChI=1S/C30H24N4O4.C2HF3O2/c1-29-12-13-30(38-29,14-15-33-23-9-5-4-8-21(23)32-17-24(33)35)26-25(29)27(36)34(28(26)37)22-11-10-18(16-31)19-6-2-3-7-20(19)22;3-2(4,5)1(6)7/h2-11,17,25-26H,12-15H2,1H3;(H,6,7)/t25-,26+,29-,30-;/m1./s1. The minimum absolute atomic E-state index is 0.213. The lowest BCUT2D eigenvalue weighted by molar-refractivity contribution is -0.192. The molecule has 4 aromatic rings. The molecule has 2 bridgehead atoms. The molecular weight excluding hydrogens is 593 g/mol. The fraction of sp³-hybridized carbons (Fsp3) is 0.312. The van der Waals surface area contributed by atoms with Crippen LogP contribution in [0.1, 0.15) is 31.7 Å². The Bertz CT molecular complexity index is 2000. The van der Waals surface area contributed by atoms with Gasteiger partial charge >= 0.3 is 12.1 Å². The summed E-state index contributed by atoms with van der Waals surface area (Å²) in [5.74, 6) is -4.51. The molecule has 10 nitrogen and oxygen atoms in total. The zero-order chi connectivity index (χ0) is 32.3. The molecule has 4 heterocycles. The number of carboxylic acid groups (broad SMARTS) is 1. The first-order valence-electron chi connectivity index (χ1n) is 14.1. The Hall–Kier alpha value is -5.09. The number of hydrogen-bond acceptors (Lipinski definition) is 7. The minimum atomic E-state index is -5.08. The van der Waals surface area contributed by atoms with Crippen molar-refractivity contribution in [3.8, 4) is 6.07 Å². The number of aromatic nitrogens is 2. The summed E-state index contributed by atoms with van der Waals surface area (Å²) in [7, 11) is 0. The Kier molecular flexibility index (Phi) is 7.00. The normalized spacial score (nSPS) is 25.3. The number of carbonyl (C=O) groups excluding carboxylic acids is 2. The van der Waals surface area contributed by atoms with E-state index in [1.165, 1.54) is 11.1 Å². The first-order valence-corrected chi connectivity index (χ1v) is 14.1. The van der Waals surface area contributed by atoms with E-state index in [1.807, 2.05) is 55.5 Å². The van der Waals surface area contributed by atoms with Gasteiger partial charge in [0.15, 0.2) is 0 Å². The molecule has 3 fully saturated rings. The number of carbonyl (C=O) groups is 3. The number of para-hydroxylation sites is 2. The molecule has 230 valence electrons. The number of fused-ring (bicyclic) bond motifs is 7. The molecule has 45 heavy (non-hydrogen) atoms. The summed E-state index contributed by atoms with van der Waals surface area (Å²) in [6.45, 7) is 2.28. The summed E-state index contributed by atoms with van der Waals surface area (Å²) in [5, 5.41) is 18.1. The van der Waals surface area contributed by atoms with Crippen molar-refractivity contribution < 1.29 is 37.4 Å².